The number of ether oxygens (including phenoxy) is 1. The van der Waals surface area contributed by atoms with Crippen LogP contribution in [0.5, 0.6) is 0 Å². The van der Waals surface area contributed by atoms with Crippen LogP contribution in [-0.4, -0.2) is 11.1 Å². The highest BCUT2D eigenvalue weighted by atomic mass is 16.5. The lowest BCUT2D eigenvalue weighted by Crippen LogP contribution is -2.13. The van der Waals surface area contributed by atoms with Crippen molar-refractivity contribution < 1.29 is 4.74 Å². The van der Waals surface area contributed by atoms with Crippen molar-refractivity contribution >= 4 is 5.69 Å². The Kier molecular flexibility index (Phi) is 4.94. The molecule has 3 nitrogen and oxygen atoms in total. The van der Waals surface area contributed by atoms with Gasteiger partial charge < -0.3 is 10.5 Å². The molecule has 1 atom stereocenters. The molecule has 0 amide bonds. The standard InChI is InChI=1S/C14H24N2O/c1-9(2)6-11(4)17-8-13-12(5)14(15)10(3)7-16-13/h7,9,11H,6,8H2,1-5H3,(H2,15,16). The van der Waals surface area contributed by atoms with E-state index in [1.807, 2.05) is 20.0 Å². The molecule has 2 N–H and O–H groups in total. The Morgan fingerprint density at radius 3 is 2.53 bits per heavy atom. The van der Waals surface area contributed by atoms with Gasteiger partial charge in [-0.15, -0.1) is 0 Å². The Morgan fingerprint density at radius 1 is 1.29 bits per heavy atom. The maximum absolute atomic E-state index is 5.97. The molecule has 0 bridgehead atoms. The molecule has 17 heavy (non-hydrogen) atoms. The van der Waals surface area contributed by atoms with E-state index in [4.69, 9.17) is 10.5 Å². The van der Waals surface area contributed by atoms with Gasteiger partial charge in [0.05, 0.1) is 18.4 Å². The summed E-state index contributed by atoms with van der Waals surface area (Å²) in [7, 11) is 0. The first-order valence-corrected chi connectivity index (χ1v) is 6.24. The molecule has 1 aromatic rings. The zero-order valence-corrected chi connectivity index (χ0v) is 11.6. The van der Waals surface area contributed by atoms with Crippen molar-refractivity contribution in [3.8, 4) is 0 Å². The molecule has 1 heterocycles. The lowest BCUT2D eigenvalue weighted by atomic mass is 10.1. The van der Waals surface area contributed by atoms with Gasteiger partial charge in [0.2, 0.25) is 0 Å². The number of hydrogen-bond acceptors (Lipinski definition) is 3. The number of nitrogens with zero attached hydrogens (tertiary/aromatic N) is 1. The fourth-order valence-corrected chi connectivity index (χ4v) is 1.89. The van der Waals surface area contributed by atoms with Crippen molar-refractivity contribution in [2.45, 2.75) is 53.8 Å². The van der Waals surface area contributed by atoms with Gasteiger partial charge in [0.1, 0.15) is 0 Å². The first-order chi connectivity index (χ1) is 7.91. The summed E-state index contributed by atoms with van der Waals surface area (Å²) >= 11 is 0. The number of aromatic nitrogens is 1. The van der Waals surface area contributed by atoms with Crippen LogP contribution in [0.15, 0.2) is 6.20 Å². The highest BCUT2D eigenvalue weighted by molar-refractivity contribution is 5.53. The third kappa shape index (κ3) is 4.00. The summed E-state index contributed by atoms with van der Waals surface area (Å²) in [6.07, 6.45) is 3.15. The molecule has 96 valence electrons. The second-order valence-electron chi connectivity index (χ2n) is 5.18. The third-order valence-corrected chi connectivity index (χ3v) is 2.98. The highest BCUT2D eigenvalue weighted by Gasteiger charge is 2.09. The van der Waals surface area contributed by atoms with Crippen molar-refractivity contribution in [2.24, 2.45) is 5.92 Å². The molecule has 0 aromatic carbocycles. The van der Waals surface area contributed by atoms with E-state index in [-0.39, 0.29) is 6.10 Å². The van der Waals surface area contributed by atoms with Crippen LogP contribution in [0, 0.1) is 19.8 Å². The van der Waals surface area contributed by atoms with Crippen LogP contribution >= 0.6 is 0 Å². The summed E-state index contributed by atoms with van der Waals surface area (Å²) in [5, 5.41) is 0. The molecule has 0 saturated carbocycles. The maximum Gasteiger partial charge on any atom is 0.0894 e. The largest absolute Gasteiger partial charge is 0.398 e. The van der Waals surface area contributed by atoms with Crippen molar-refractivity contribution in [1.82, 2.24) is 4.98 Å². The van der Waals surface area contributed by atoms with Gasteiger partial charge in [0.25, 0.3) is 0 Å². The smallest absolute Gasteiger partial charge is 0.0894 e. The Bertz CT molecular complexity index is 375. The second-order valence-corrected chi connectivity index (χ2v) is 5.18. The van der Waals surface area contributed by atoms with Crippen LogP contribution in [0.25, 0.3) is 0 Å². The van der Waals surface area contributed by atoms with Gasteiger partial charge in [-0.1, -0.05) is 13.8 Å². The van der Waals surface area contributed by atoms with E-state index in [0.717, 1.165) is 28.9 Å². The van der Waals surface area contributed by atoms with E-state index in [2.05, 4.69) is 25.8 Å². The molecular formula is C14H24N2O. The van der Waals surface area contributed by atoms with Crippen molar-refractivity contribution in [1.29, 1.82) is 0 Å². The molecule has 1 unspecified atom stereocenters. The fourth-order valence-electron chi connectivity index (χ4n) is 1.89. The molecule has 0 radical (unpaired) electrons. The van der Waals surface area contributed by atoms with E-state index in [9.17, 15) is 0 Å². The molecule has 0 saturated heterocycles. The summed E-state index contributed by atoms with van der Waals surface area (Å²) in [6.45, 7) is 11.0. The second kappa shape index (κ2) is 6.01. The number of aryl methyl sites for hydroxylation is 1. The number of pyridine rings is 1. The van der Waals surface area contributed by atoms with Gasteiger partial charge >= 0.3 is 0 Å². The minimum Gasteiger partial charge on any atom is -0.398 e. The van der Waals surface area contributed by atoms with Crippen LogP contribution in [0.4, 0.5) is 5.69 Å². The SMILES string of the molecule is Cc1cnc(COC(C)CC(C)C)c(C)c1N. The van der Waals surface area contributed by atoms with Gasteiger partial charge in [0.15, 0.2) is 0 Å². The molecule has 3 heteroatoms. The number of nitrogens with two attached hydrogens (primary N) is 1. The summed E-state index contributed by atoms with van der Waals surface area (Å²) < 4.78 is 5.80. The topological polar surface area (TPSA) is 48.1 Å². The molecule has 0 fully saturated rings. The number of nitrogen functional groups attached to an aromatic ring is 1. The first kappa shape index (κ1) is 14.0. The van der Waals surface area contributed by atoms with Crippen LogP contribution in [-0.2, 0) is 11.3 Å². The average Bonchev–Trinajstić information content (AvgIpc) is 2.24. The molecule has 0 aliphatic rings. The zero-order chi connectivity index (χ0) is 13.0. The van der Waals surface area contributed by atoms with E-state index < -0.39 is 0 Å². The fraction of sp³-hybridized carbons (Fsp3) is 0.643. The van der Waals surface area contributed by atoms with E-state index in [0.29, 0.717) is 12.5 Å². The van der Waals surface area contributed by atoms with Gasteiger partial charge in [-0.3, -0.25) is 4.98 Å². The monoisotopic (exact) mass is 236 g/mol. The normalized spacial score (nSPS) is 13.1. The minimum atomic E-state index is 0.263. The van der Waals surface area contributed by atoms with E-state index in [1.54, 1.807) is 0 Å². The molecule has 0 aliphatic carbocycles. The predicted molar refractivity (Wildman–Crippen MR) is 71.8 cm³/mol. The third-order valence-electron chi connectivity index (χ3n) is 2.98. The maximum atomic E-state index is 5.97. The summed E-state index contributed by atoms with van der Waals surface area (Å²) in [4.78, 5) is 4.38. The Morgan fingerprint density at radius 2 is 1.94 bits per heavy atom. The van der Waals surface area contributed by atoms with Crippen molar-refractivity contribution in [2.75, 3.05) is 5.73 Å². The van der Waals surface area contributed by atoms with Crippen molar-refractivity contribution in [3.05, 3.63) is 23.0 Å². The van der Waals surface area contributed by atoms with Gasteiger partial charge in [-0.2, -0.15) is 0 Å². The number of anilines is 1. The molecular weight excluding hydrogens is 212 g/mol. The zero-order valence-electron chi connectivity index (χ0n) is 11.6. The summed E-state index contributed by atoms with van der Waals surface area (Å²) in [6, 6.07) is 0. The number of rotatable bonds is 5. The molecule has 0 aliphatic heterocycles. The number of hydrogen-bond donors (Lipinski definition) is 1. The first-order valence-electron chi connectivity index (χ1n) is 6.24. The van der Waals surface area contributed by atoms with Crippen LogP contribution in [0.3, 0.4) is 0 Å². The van der Waals surface area contributed by atoms with Crippen LogP contribution in [0.2, 0.25) is 0 Å². The minimum absolute atomic E-state index is 0.263. The Balaban J connectivity index is 2.61. The van der Waals surface area contributed by atoms with E-state index >= 15 is 0 Å². The van der Waals surface area contributed by atoms with Gasteiger partial charge in [-0.05, 0) is 44.2 Å². The lowest BCUT2D eigenvalue weighted by Gasteiger charge is -2.16. The van der Waals surface area contributed by atoms with E-state index in [1.165, 1.54) is 0 Å². The Hall–Kier alpha value is -1.09. The quantitative estimate of drug-likeness (QED) is 0.853. The Labute approximate surface area is 104 Å². The molecule has 1 aromatic heterocycles. The summed E-state index contributed by atoms with van der Waals surface area (Å²) in [5.41, 5.74) is 9.82. The highest BCUT2D eigenvalue weighted by Crippen LogP contribution is 2.19. The van der Waals surface area contributed by atoms with Crippen LogP contribution in [0.1, 0.15) is 44.0 Å². The average molecular weight is 236 g/mol. The lowest BCUT2D eigenvalue weighted by molar-refractivity contribution is 0.0376. The van der Waals surface area contributed by atoms with Crippen LogP contribution < -0.4 is 5.73 Å². The van der Waals surface area contributed by atoms with Gasteiger partial charge in [-0.25, -0.2) is 0 Å². The molecule has 0 spiro atoms. The van der Waals surface area contributed by atoms with Crippen molar-refractivity contribution in [3.63, 3.8) is 0 Å². The summed E-state index contributed by atoms with van der Waals surface area (Å²) in [5.74, 6) is 0.655. The molecule has 1 rings (SSSR count). The van der Waals surface area contributed by atoms with Gasteiger partial charge in [0, 0.05) is 11.9 Å². The predicted octanol–water partition coefficient (Wildman–Crippen LogP) is 3.23.